The molecule has 25 heavy (non-hydrogen) atoms. The van der Waals surface area contributed by atoms with Crippen molar-refractivity contribution in [3.63, 3.8) is 0 Å². The predicted octanol–water partition coefficient (Wildman–Crippen LogP) is 6.32. The van der Waals surface area contributed by atoms with Crippen molar-refractivity contribution in [1.82, 2.24) is 4.98 Å². The van der Waals surface area contributed by atoms with E-state index in [1.807, 2.05) is 30.3 Å². The minimum Gasteiger partial charge on any atom is -0.436 e. The molecule has 0 fully saturated rings. The van der Waals surface area contributed by atoms with Crippen LogP contribution in [0.25, 0.3) is 44.5 Å². The van der Waals surface area contributed by atoms with Crippen LogP contribution in [0.3, 0.4) is 0 Å². The van der Waals surface area contributed by atoms with Crippen LogP contribution < -0.4 is 0 Å². The molecular weight excluding hydrogens is 306 g/mol. The first kappa shape index (κ1) is 14.0. The number of nitrogens with zero attached hydrogens (tertiary/aromatic N) is 1. The summed E-state index contributed by atoms with van der Waals surface area (Å²) in [5.41, 5.74) is 5.15. The molecule has 0 atom stereocenters. The summed E-state index contributed by atoms with van der Waals surface area (Å²) in [6.45, 7) is 0. The van der Waals surface area contributed by atoms with Gasteiger partial charge in [-0.05, 0) is 40.1 Å². The zero-order chi connectivity index (χ0) is 16.6. The summed E-state index contributed by atoms with van der Waals surface area (Å²) in [5, 5.41) is 2.35. The highest BCUT2D eigenvalue weighted by Crippen LogP contribution is 2.36. The van der Waals surface area contributed by atoms with E-state index in [1.165, 1.54) is 16.5 Å². The molecule has 0 aliphatic rings. The molecule has 0 aliphatic heterocycles. The third kappa shape index (κ3) is 2.31. The minimum absolute atomic E-state index is 0.664. The quantitative estimate of drug-likeness (QED) is 0.380. The first-order chi connectivity index (χ1) is 12.4. The third-order valence-electron chi connectivity index (χ3n) is 4.53. The predicted molar refractivity (Wildman–Crippen MR) is 102 cm³/mol. The van der Waals surface area contributed by atoms with Gasteiger partial charge in [0.05, 0.1) is 0 Å². The van der Waals surface area contributed by atoms with E-state index in [1.54, 1.807) is 0 Å². The van der Waals surface area contributed by atoms with Gasteiger partial charge in [-0.15, -0.1) is 0 Å². The third-order valence-corrected chi connectivity index (χ3v) is 4.53. The number of hydrogen-bond acceptors (Lipinski definition) is 2. The fraction of sp³-hybridized carbons (Fsp3) is 0. The molecule has 5 rings (SSSR count). The first-order valence-electron chi connectivity index (χ1n) is 8.33. The summed E-state index contributed by atoms with van der Waals surface area (Å²) >= 11 is 0. The molecular formula is C23H15NO. The van der Waals surface area contributed by atoms with Gasteiger partial charge in [0.15, 0.2) is 5.58 Å². The Kier molecular flexibility index (Phi) is 3.14. The molecule has 2 heteroatoms. The number of aromatic nitrogens is 1. The summed E-state index contributed by atoms with van der Waals surface area (Å²) in [4.78, 5) is 4.67. The number of rotatable bonds is 2. The molecule has 0 aliphatic carbocycles. The summed E-state index contributed by atoms with van der Waals surface area (Å²) in [7, 11) is 0. The molecule has 0 bridgehead atoms. The summed E-state index contributed by atoms with van der Waals surface area (Å²) < 4.78 is 6.00. The maximum absolute atomic E-state index is 6.00. The Morgan fingerprint density at radius 3 is 2.00 bits per heavy atom. The molecule has 4 aromatic carbocycles. The van der Waals surface area contributed by atoms with Gasteiger partial charge in [-0.1, -0.05) is 72.8 Å². The monoisotopic (exact) mass is 321 g/mol. The molecule has 0 spiro atoms. The lowest BCUT2D eigenvalue weighted by Gasteiger charge is -2.09. The van der Waals surface area contributed by atoms with Gasteiger partial charge in [-0.25, -0.2) is 4.98 Å². The molecule has 0 N–H and O–H groups in total. The van der Waals surface area contributed by atoms with Crippen LogP contribution in [0.15, 0.2) is 95.4 Å². The van der Waals surface area contributed by atoms with Crippen LogP contribution in [0.2, 0.25) is 0 Å². The Morgan fingerprint density at radius 2 is 1.20 bits per heavy atom. The molecule has 0 unspecified atom stereocenters. The van der Waals surface area contributed by atoms with Crippen molar-refractivity contribution >= 4 is 21.9 Å². The van der Waals surface area contributed by atoms with Gasteiger partial charge < -0.3 is 4.42 Å². The Morgan fingerprint density at radius 1 is 0.560 bits per heavy atom. The standard InChI is InChI=1S/C23H15NO/c1-2-8-16(9-3-1)17-14-15-20(19-11-5-4-10-18(17)19)23-24-21-12-6-7-13-22(21)25-23/h1-15H. The molecule has 1 aromatic heterocycles. The molecule has 0 radical (unpaired) electrons. The second-order valence-electron chi connectivity index (χ2n) is 6.06. The van der Waals surface area contributed by atoms with Crippen molar-refractivity contribution in [3.8, 4) is 22.6 Å². The Balaban J connectivity index is 1.78. The van der Waals surface area contributed by atoms with Crippen LogP contribution in [0.5, 0.6) is 0 Å². The van der Waals surface area contributed by atoms with Crippen molar-refractivity contribution in [1.29, 1.82) is 0 Å². The van der Waals surface area contributed by atoms with E-state index in [0.717, 1.165) is 22.0 Å². The lowest BCUT2D eigenvalue weighted by Crippen LogP contribution is -1.85. The second-order valence-corrected chi connectivity index (χ2v) is 6.06. The number of para-hydroxylation sites is 2. The maximum atomic E-state index is 6.00. The van der Waals surface area contributed by atoms with Crippen molar-refractivity contribution in [2.24, 2.45) is 0 Å². The van der Waals surface area contributed by atoms with E-state index in [2.05, 4.69) is 65.6 Å². The van der Waals surface area contributed by atoms with E-state index in [4.69, 9.17) is 4.42 Å². The van der Waals surface area contributed by atoms with Crippen LogP contribution in [-0.2, 0) is 0 Å². The van der Waals surface area contributed by atoms with Gasteiger partial charge in [-0.2, -0.15) is 0 Å². The highest BCUT2D eigenvalue weighted by molar-refractivity contribution is 6.04. The highest BCUT2D eigenvalue weighted by atomic mass is 16.3. The molecule has 0 saturated carbocycles. The van der Waals surface area contributed by atoms with E-state index < -0.39 is 0 Å². The summed E-state index contributed by atoms with van der Waals surface area (Å²) in [6.07, 6.45) is 0. The lowest BCUT2D eigenvalue weighted by atomic mass is 9.95. The van der Waals surface area contributed by atoms with E-state index in [-0.39, 0.29) is 0 Å². The Bertz CT molecular complexity index is 1160. The normalized spacial score (nSPS) is 11.2. The number of fused-ring (bicyclic) bond motifs is 2. The average molecular weight is 321 g/mol. The van der Waals surface area contributed by atoms with Gasteiger partial charge in [0.25, 0.3) is 0 Å². The van der Waals surface area contributed by atoms with Crippen LogP contribution in [0.1, 0.15) is 0 Å². The molecule has 1 heterocycles. The van der Waals surface area contributed by atoms with Crippen LogP contribution in [0, 0.1) is 0 Å². The molecule has 0 amide bonds. The van der Waals surface area contributed by atoms with Crippen LogP contribution in [0.4, 0.5) is 0 Å². The lowest BCUT2D eigenvalue weighted by molar-refractivity contribution is 0.620. The summed E-state index contributed by atoms with van der Waals surface area (Å²) in [6, 6.07) is 31.0. The van der Waals surface area contributed by atoms with Crippen molar-refractivity contribution in [2.45, 2.75) is 0 Å². The zero-order valence-corrected chi connectivity index (χ0v) is 13.5. The molecule has 118 valence electrons. The largest absolute Gasteiger partial charge is 0.436 e. The number of hydrogen-bond donors (Lipinski definition) is 0. The van der Waals surface area contributed by atoms with Crippen LogP contribution in [-0.4, -0.2) is 4.98 Å². The number of oxazole rings is 1. The van der Waals surface area contributed by atoms with Crippen molar-refractivity contribution in [3.05, 3.63) is 91.0 Å². The van der Waals surface area contributed by atoms with E-state index in [0.29, 0.717) is 5.89 Å². The van der Waals surface area contributed by atoms with E-state index in [9.17, 15) is 0 Å². The SMILES string of the molecule is c1ccc(-c2ccc(-c3nc4ccccc4o3)c3ccccc23)cc1. The van der Waals surface area contributed by atoms with Gasteiger partial charge >= 0.3 is 0 Å². The Labute approximate surface area is 145 Å². The fourth-order valence-electron chi connectivity index (χ4n) is 3.34. The first-order valence-corrected chi connectivity index (χ1v) is 8.33. The number of benzene rings is 4. The van der Waals surface area contributed by atoms with Gasteiger partial charge in [0.2, 0.25) is 5.89 Å². The fourth-order valence-corrected chi connectivity index (χ4v) is 3.34. The highest BCUT2D eigenvalue weighted by Gasteiger charge is 2.13. The van der Waals surface area contributed by atoms with Gasteiger partial charge in [0, 0.05) is 5.56 Å². The second kappa shape index (κ2) is 5.60. The molecule has 5 aromatic rings. The van der Waals surface area contributed by atoms with E-state index >= 15 is 0 Å². The summed E-state index contributed by atoms with van der Waals surface area (Å²) in [5.74, 6) is 0.664. The zero-order valence-electron chi connectivity index (χ0n) is 13.5. The molecule has 2 nitrogen and oxygen atoms in total. The topological polar surface area (TPSA) is 26.0 Å². The van der Waals surface area contributed by atoms with Gasteiger partial charge in [0.1, 0.15) is 5.52 Å². The molecule has 0 saturated heterocycles. The average Bonchev–Trinajstić information content (AvgIpc) is 3.12. The smallest absolute Gasteiger partial charge is 0.227 e. The Hall–Kier alpha value is -3.39. The van der Waals surface area contributed by atoms with Gasteiger partial charge in [-0.3, -0.25) is 0 Å². The van der Waals surface area contributed by atoms with Crippen LogP contribution >= 0.6 is 0 Å². The van der Waals surface area contributed by atoms with Crippen molar-refractivity contribution in [2.75, 3.05) is 0 Å². The van der Waals surface area contributed by atoms with Crippen molar-refractivity contribution < 1.29 is 4.42 Å². The minimum atomic E-state index is 0.664. The maximum Gasteiger partial charge on any atom is 0.227 e.